The van der Waals surface area contributed by atoms with Gasteiger partial charge in [0.05, 0.1) is 30.6 Å². The highest BCUT2D eigenvalue weighted by molar-refractivity contribution is 5.92. The maximum Gasteiger partial charge on any atom is 0.345 e. The average molecular weight is 405 g/mol. The number of rotatable bonds is 6. The Morgan fingerprint density at radius 3 is 2.73 bits per heavy atom. The molecule has 0 aliphatic rings. The molecule has 8 nitrogen and oxygen atoms in total. The number of hydrogen-bond acceptors (Lipinski definition) is 6. The van der Waals surface area contributed by atoms with Crippen LogP contribution < -0.4 is 20.9 Å². The number of benzene rings is 2. The van der Waals surface area contributed by atoms with E-state index in [2.05, 4.69) is 34.0 Å². The fourth-order valence-electron chi connectivity index (χ4n) is 3.17. The van der Waals surface area contributed by atoms with E-state index < -0.39 is 5.69 Å². The van der Waals surface area contributed by atoms with Gasteiger partial charge in [0.2, 0.25) is 0 Å². The van der Waals surface area contributed by atoms with Crippen LogP contribution in [0.3, 0.4) is 0 Å². The van der Waals surface area contributed by atoms with Gasteiger partial charge >= 0.3 is 5.69 Å². The van der Waals surface area contributed by atoms with Crippen molar-refractivity contribution in [1.82, 2.24) is 20.2 Å². The van der Waals surface area contributed by atoms with Gasteiger partial charge in [-0.25, -0.2) is 4.79 Å². The predicted molar refractivity (Wildman–Crippen MR) is 117 cm³/mol. The molecule has 4 N–H and O–H groups in total. The average Bonchev–Trinajstić information content (AvgIpc) is 3.11. The fourth-order valence-corrected chi connectivity index (χ4v) is 3.17. The Morgan fingerprint density at radius 2 is 1.97 bits per heavy atom. The summed E-state index contributed by atoms with van der Waals surface area (Å²) in [6.07, 6.45) is 0. The highest BCUT2D eigenvalue weighted by atomic mass is 16.5. The number of anilines is 1. The standard InChI is InChI=1S/C22H23N5O3/c1-12(2)11-30-20-7-5-14(29-3)9-15(20)19-10-18(24-22(28)25-19)13-4-6-17-16(8-13)21(23)27-26-17/h4-10,12H,11H2,1-3H3,(H3,23,26,27)(H,24,25,28). The number of H-pyrrole nitrogens is 2. The summed E-state index contributed by atoms with van der Waals surface area (Å²) in [4.78, 5) is 19.3. The topological polar surface area (TPSA) is 119 Å². The SMILES string of the molecule is COc1ccc(OCC(C)C)c(-c2cc(-c3ccc4[nH]nc(N)c4c3)nc(=O)[nH]2)c1. The zero-order valence-electron chi connectivity index (χ0n) is 17.0. The monoisotopic (exact) mass is 405 g/mol. The lowest BCUT2D eigenvalue weighted by atomic mass is 10.1. The van der Waals surface area contributed by atoms with Crippen molar-refractivity contribution in [1.29, 1.82) is 0 Å². The second-order valence-corrected chi connectivity index (χ2v) is 7.42. The Labute approximate surface area is 173 Å². The van der Waals surface area contributed by atoms with E-state index in [0.717, 1.165) is 22.0 Å². The van der Waals surface area contributed by atoms with E-state index >= 15 is 0 Å². The number of nitrogens with two attached hydrogens (primary N) is 1. The van der Waals surface area contributed by atoms with Crippen LogP contribution in [0.4, 0.5) is 5.82 Å². The van der Waals surface area contributed by atoms with Gasteiger partial charge in [0.1, 0.15) is 11.5 Å². The third kappa shape index (κ3) is 3.84. The third-order valence-corrected chi connectivity index (χ3v) is 4.68. The quantitative estimate of drug-likeness (QED) is 0.451. The first kappa shape index (κ1) is 19.5. The first-order valence-electron chi connectivity index (χ1n) is 9.61. The molecule has 0 amide bonds. The molecule has 30 heavy (non-hydrogen) atoms. The summed E-state index contributed by atoms with van der Waals surface area (Å²) in [6, 6.07) is 12.9. The summed E-state index contributed by atoms with van der Waals surface area (Å²) in [5, 5.41) is 7.65. The molecule has 4 aromatic rings. The van der Waals surface area contributed by atoms with E-state index in [9.17, 15) is 4.79 Å². The van der Waals surface area contributed by atoms with Crippen LogP contribution in [0, 0.1) is 5.92 Å². The molecule has 0 atom stereocenters. The van der Waals surface area contributed by atoms with Gasteiger partial charge in [-0.3, -0.25) is 5.10 Å². The second kappa shape index (κ2) is 7.90. The number of aromatic amines is 2. The summed E-state index contributed by atoms with van der Waals surface area (Å²) in [6.45, 7) is 4.71. The van der Waals surface area contributed by atoms with Crippen LogP contribution in [0.5, 0.6) is 11.5 Å². The van der Waals surface area contributed by atoms with E-state index in [-0.39, 0.29) is 0 Å². The number of ether oxygens (including phenoxy) is 2. The Bertz CT molecular complexity index is 1260. The van der Waals surface area contributed by atoms with Crippen molar-refractivity contribution in [3.63, 3.8) is 0 Å². The van der Waals surface area contributed by atoms with Gasteiger partial charge in [0.15, 0.2) is 5.82 Å². The molecule has 0 fully saturated rings. The van der Waals surface area contributed by atoms with E-state index in [1.165, 1.54) is 0 Å². The van der Waals surface area contributed by atoms with E-state index in [1.54, 1.807) is 7.11 Å². The second-order valence-electron chi connectivity index (χ2n) is 7.42. The van der Waals surface area contributed by atoms with Gasteiger partial charge in [0, 0.05) is 16.5 Å². The largest absolute Gasteiger partial charge is 0.497 e. The van der Waals surface area contributed by atoms with Crippen LogP contribution in [-0.2, 0) is 0 Å². The molecule has 0 saturated carbocycles. The summed E-state index contributed by atoms with van der Waals surface area (Å²) in [5.41, 5.74) is 8.87. The molecular weight excluding hydrogens is 382 g/mol. The molecule has 4 rings (SSSR count). The molecule has 2 aromatic carbocycles. The Hall–Kier alpha value is -3.81. The molecule has 0 radical (unpaired) electrons. The molecule has 0 bridgehead atoms. The van der Waals surface area contributed by atoms with Gasteiger partial charge in [-0.1, -0.05) is 19.9 Å². The number of nitrogen functional groups attached to an aromatic ring is 1. The molecule has 2 aromatic heterocycles. The molecule has 154 valence electrons. The highest BCUT2D eigenvalue weighted by Gasteiger charge is 2.14. The van der Waals surface area contributed by atoms with Gasteiger partial charge in [0.25, 0.3) is 0 Å². The van der Waals surface area contributed by atoms with Crippen LogP contribution in [0.2, 0.25) is 0 Å². The molecule has 2 heterocycles. The van der Waals surface area contributed by atoms with Crippen LogP contribution in [0.25, 0.3) is 33.4 Å². The van der Waals surface area contributed by atoms with Crippen molar-refractivity contribution in [3.05, 3.63) is 52.9 Å². The fraction of sp³-hybridized carbons (Fsp3) is 0.227. The lowest BCUT2D eigenvalue weighted by Crippen LogP contribution is -2.12. The zero-order chi connectivity index (χ0) is 21.3. The molecule has 0 saturated heterocycles. The Morgan fingerprint density at radius 1 is 1.13 bits per heavy atom. The number of methoxy groups -OCH3 is 1. The Balaban J connectivity index is 1.83. The molecule has 0 unspecified atom stereocenters. The maximum atomic E-state index is 12.4. The number of nitrogens with one attached hydrogen (secondary N) is 2. The predicted octanol–water partition coefficient (Wildman–Crippen LogP) is 3.61. The summed E-state index contributed by atoms with van der Waals surface area (Å²) in [7, 11) is 1.60. The van der Waals surface area contributed by atoms with E-state index in [4.69, 9.17) is 15.2 Å². The summed E-state index contributed by atoms with van der Waals surface area (Å²) >= 11 is 0. The van der Waals surface area contributed by atoms with E-state index in [0.29, 0.717) is 41.2 Å². The van der Waals surface area contributed by atoms with Crippen molar-refractivity contribution >= 4 is 16.7 Å². The van der Waals surface area contributed by atoms with Crippen molar-refractivity contribution in [2.24, 2.45) is 5.92 Å². The van der Waals surface area contributed by atoms with Crippen molar-refractivity contribution in [2.75, 3.05) is 19.5 Å². The maximum absolute atomic E-state index is 12.4. The van der Waals surface area contributed by atoms with Crippen molar-refractivity contribution in [3.8, 4) is 34.0 Å². The molecule has 0 aliphatic heterocycles. The van der Waals surface area contributed by atoms with Crippen LogP contribution in [0.1, 0.15) is 13.8 Å². The number of fused-ring (bicyclic) bond motifs is 1. The lowest BCUT2D eigenvalue weighted by Gasteiger charge is -2.15. The minimum Gasteiger partial charge on any atom is -0.497 e. The number of aromatic nitrogens is 4. The van der Waals surface area contributed by atoms with Gasteiger partial charge < -0.3 is 20.2 Å². The zero-order valence-corrected chi connectivity index (χ0v) is 17.0. The molecule has 8 heteroatoms. The molecule has 0 aliphatic carbocycles. The first-order chi connectivity index (χ1) is 14.4. The normalized spacial score (nSPS) is 11.2. The van der Waals surface area contributed by atoms with Crippen LogP contribution >= 0.6 is 0 Å². The third-order valence-electron chi connectivity index (χ3n) is 4.68. The summed E-state index contributed by atoms with van der Waals surface area (Å²) < 4.78 is 11.3. The van der Waals surface area contributed by atoms with Crippen LogP contribution in [0.15, 0.2) is 47.3 Å². The Kier molecular flexibility index (Phi) is 5.14. The van der Waals surface area contributed by atoms with Crippen LogP contribution in [-0.4, -0.2) is 33.9 Å². The minimum absolute atomic E-state index is 0.360. The van der Waals surface area contributed by atoms with Crippen molar-refractivity contribution in [2.45, 2.75) is 13.8 Å². The minimum atomic E-state index is -0.458. The van der Waals surface area contributed by atoms with Gasteiger partial charge in [-0.2, -0.15) is 10.1 Å². The summed E-state index contributed by atoms with van der Waals surface area (Å²) in [5.74, 6) is 2.08. The van der Waals surface area contributed by atoms with E-state index in [1.807, 2.05) is 42.5 Å². The smallest absolute Gasteiger partial charge is 0.345 e. The van der Waals surface area contributed by atoms with Crippen molar-refractivity contribution < 1.29 is 9.47 Å². The van der Waals surface area contributed by atoms with Gasteiger partial charge in [-0.15, -0.1) is 0 Å². The lowest BCUT2D eigenvalue weighted by molar-refractivity contribution is 0.271. The molecular formula is C22H23N5O3. The highest BCUT2D eigenvalue weighted by Crippen LogP contribution is 2.34. The number of nitrogens with zero attached hydrogens (tertiary/aromatic N) is 2. The first-order valence-corrected chi connectivity index (χ1v) is 9.61. The molecule has 0 spiro atoms. The van der Waals surface area contributed by atoms with Gasteiger partial charge in [-0.05, 0) is 42.3 Å². The number of hydrogen-bond donors (Lipinski definition) is 3.